The van der Waals surface area contributed by atoms with Crippen molar-refractivity contribution in [2.75, 3.05) is 58.8 Å². The lowest BCUT2D eigenvalue weighted by Crippen LogP contribution is -2.61. The van der Waals surface area contributed by atoms with Gasteiger partial charge in [0.2, 0.25) is 100 Å². The van der Waals surface area contributed by atoms with E-state index in [1.807, 2.05) is 13.8 Å². The number of aromatic hydroxyl groups is 1. The van der Waals surface area contributed by atoms with Crippen molar-refractivity contribution in [3.05, 3.63) is 120 Å². The highest BCUT2D eigenvalue weighted by atomic mass is 32.2. The zero-order valence-electron chi connectivity index (χ0n) is 79.0. The fourth-order valence-corrected chi connectivity index (χ4v) is 18.1. The number of H-pyrrole nitrogens is 2. The molecule has 17 amide bonds. The number of thioether (sulfide) groups is 1. The number of aliphatic carboxylic acids is 2. The number of nitrogens with one attached hydrogen (secondary N) is 12. The van der Waals surface area contributed by atoms with Gasteiger partial charge in [0.05, 0.1) is 31.1 Å². The van der Waals surface area contributed by atoms with E-state index in [9.17, 15) is 73.2 Å². The number of likely N-dealkylation sites (N-methyl/N-ethyl adjacent to an activating group) is 3. The Hall–Kier alpha value is -14.1. The standard InChI is InChI=1S/C93H128N22O23S/c1-9-11-21-71-86(131)104-63(34-50(3)4)83(128)109-69(81(126)99-43-76(96)119)47-139-48-77(120)101-66(35-52-25-27-56(116)28-26-52)89(134)110(6)51(5)80(125)107-68(40-78(121)122)92(137)114-33-17-24-72(114)87(132)106-65(38-55-42-97-49-100-55)85(130)103-62(29-30-75(95)118)91(136)115-45-57(117)39-74(115)88(133)105-64(36-53-41-98-60-20-15-13-18-58(53)60)84(129)102-61(31-32-94)82(127)108-67(90(135)112(8)73(22-12-10-2)93(138)111(71)7)37-54-44-113(46-79(123)124)70-23-16-14-19-59(54)70/h13-16,18-20,23,25-28,41-42,44,49-51,57,61-69,71-74,98,116-117H,9-12,17,21-22,24,29-40,43,45-48,94H2,1-8H3,(H2,95,118)(H2,96,119)(H,97,100)(H,99,126)(H,101,120)(H,102,129)(H,103,130)(H,104,131)(H,105,133)(H,106,132)(H,107,125)(H,108,127)(H,109,128)(H,121,122)(H,123,124)/t51-,57+,61-,62-,63-,64-,65-,66-,67-,68-,69-,71-,72-,73-,74-/m0/s1. The molecule has 3 aliphatic heterocycles. The Balaban J connectivity index is 1.12. The number of nitrogens with zero attached hydrogens (tertiary/aromatic N) is 7. The van der Waals surface area contributed by atoms with E-state index in [0.29, 0.717) is 64.2 Å². The van der Waals surface area contributed by atoms with Gasteiger partial charge < -0.3 is 130 Å². The quantitative estimate of drug-likeness (QED) is 0.0243. The second-order valence-electron chi connectivity index (χ2n) is 35.7. The third kappa shape index (κ3) is 30.2. The Kier molecular flexibility index (Phi) is 40.2. The number of hydrogen-bond donors (Lipinski definition) is 19. The highest BCUT2D eigenvalue weighted by molar-refractivity contribution is 8.00. The molecule has 6 heterocycles. The summed E-state index contributed by atoms with van der Waals surface area (Å²) < 4.78 is 1.43. The zero-order chi connectivity index (χ0) is 102. The third-order valence-electron chi connectivity index (χ3n) is 24.8. The summed E-state index contributed by atoms with van der Waals surface area (Å²) in [6.45, 7) is 6.01. The van der Waals surface area contributed by atoms with Crippen LogP contribution in [0, 0.1) is 5.92 Å². The Labute approximate surface area is 806 Å². The van der Waals surface area contributed by atoms with Crippen LogP contribution in [-0.2, 0) is 123 Å². The second-order valence-corrected chi connectivity index (χ2v) is 36.7. The molecule has 15 atom stereocenters. The average Bonchev–Trinajstić information content (AvgIpc) is 1.66. The number of phenols is 1. The molecule has 45 nitrogen and oxygen atoms in total. The van der Waals surface area contributed by atoms with Gasteiger partial charge in [0.25, 0.3) is 0 Å². The fraction of sp³-hybridized carbons (Fsp3) is 0.527. The fourth-order valence-electron chi connectivity index (χ4n) is 17.2. The van der Waals surface area contributed by atoms with Crippen molar-refractivity contribution in [1.82, 2.24) is 97.2 Å². The molecule has 139 heavy (non-hydrogen) atoms. The topological polar surface area (TPSA) is 669 Å². The number of phenolic OH excluding ortho intramolecular Hbond substituents is 1. The van der Waals surface area contributed by atoms with Gasteiger partial charge in [-0.3, -0.25) is 91.1 Å². The first-order chi connectivity index (χ1) is 66.1. The number of aliphatic hydroxyl groups is 1. The van der Waals surface area contributed by atoms with E-state index in [2.05, 4.69) is 68.1 Å². The van der Waals surface area contributed by atoms with Gasteiger partial charge >= 0.3 is 11.9 Å². The van der Waals surface area contributed by atoms with Crippen LogP contribution in [0.2, 0.25) is 0 Å². The number of primary amides is 2. The molecule has 0 spiro atoms. The normalized spacial score (nSPS) is 24.4. The first kappa shape index (κ1) is 109. The molecule has 0 radical (unpaired) electrons. The van der Waals surface area contributed by atoms with Crippen LogP contribution in [0.1, 0.15) is 147 Å². The van der Waals surface area contributed by atoms with Crippen molar-refractivity contribution in [1.29, 1.82) is 0 Å². The highest BCUT2D eigenvalue weighted by Gasteiger charge is 2.47. The van der Waals surface area contributed by atoms with Gasteiger partial charge in [0.15, 0.2) is 0 Å². The van der Waals surface area contributed by atoms with Crippen molar-refractivity contribution < 1.29 is 112 Å². The lowest BCUT2D eigenvalue weighted by molar-refractivity contribution is -0.149. The summed E-state index contributed by atoms with van der Waals surface area (Å²) in [6, 6.07) is -3.55. The van der Waals surface area contributed by atoms with E-state index in [1.54, 1.807) is 68.6 Å². The van der Waals surface area contributed by atoms with E-state index in [1.165, 1.54) is 75.6 Å². The van der Waals surface area contributed by atoms with Crippen LogP contribution in [0.5, 0.6) is 5.75 Å². The van der Waals surface area contributed by atoms with Crippen LogP contribution in [0.25, 0.3) is 21.8 Å². The van der Waals surface area contributed by atoms with Gasteiger partial charge in [-0.15, -0.1) is 11.8 Å². The predicted molar refractivity (Wildman–Crippen MR) is 505 cm³/mol. The first-order valence-corrected chi connectivity index (χ1v) is 47.5. The smallest absolute Gasteiger partial charge is 0.323 e. The maximum atomic E-state index is 16.0. The monoisotopic (exact) mass is 1950 g/mol. The lowest BCUT2D eigenvalue weighted by atomic mass is 9.99. The van der Waals surface area contributed by atoms with E-state index in [-0.39, 0.29) is 81.8 Å². The van der Waals surface area contributed by atoms with E-state index >= 15 is 38.4 Å². The highest BCUT2D eigenvalue weighted by Crippen LogP contribution is 2.29. The number of carbonyl (C=O) groups excluding carboxylic acids is 17. The number of carboxylic acid groups (broad SMARTS) is 2. The van der Waals surface area contributed by atoms with Crippen LogP contribution < -0.4 is 70.4 Å². The number of fused-ring (bicyclic) bond motifs is 4. The molecular formula is C93H128N22O23S. The Bertz CT molecular complexity index is 5420. The molecule has 22 N–H and O–H groups in total. The number of aromatic amines is 2. The average molecular weight is 1950 g/mol. The molecular weight excluding hydrogens is 1830 g/mol. The Morgan fingerprint density at radius 2 is 1.14 bits per heavy atom. The number of rotatable bonds is 28. The molecule has 3 saturated heterocycles. The molecule has 0 aliphatic carbocycles. The molecule has 0 unspecified atom stereocenters. The van der Waals surface area contributed by atoms with Gasteiger partial charge in [-0.1, -0.05) is 102 Å². The number of hydrogen-bond acceptors (Lipinski definition) is 24. The summed E-state index contributed by atoms with van der Waals surface area (Å²) in [4.78, 5) is 291. The van der Waals surface area contributed by atoms with E-state index in [4.69, 9.17) is 17.2 Å². The summed E-state index contributed by atoms with van der Waals surface area (Å²) in [7, 11) is 3.84. The molecule has 0 bridgehead atoms. The van der Waals surface area contributed by atoms with Crippen molar-refractivity contribution in [3.8, 4) is 5.75 Å². The zero-order valence-corrected chi connectivity index (χ0v) is 79.8. The number of aliphatic hydroxyl groups excluding tert-OH is 1. The number of aromatic nitrogens is 4. The molecule has 3 aliphatic rings. The van der Waals surface area contributed by atoms with Crippen LogP contribution in [0.4, 0.5) is 0 Å². The van der Waals surface area contributed by atoms with E-state index in [0.717, 1.165) is 36.3 Å². The second kappa shape index (κ2) is 51.4. The minimum Gasteiger partial charge on any atom is -0.508 e. The molecule has 3 fully saturated rings. The van der Waals surface area contributed by atoms with Crippen LogP contribution in [0.3, 0.4) is 0 Å². The number of amides is 17. The van der Waals surface area contributed by atoms with Gasteiger partial charge in [0, 0.05) is 125 Å². The molecule has 46 heteroatoms. The molecule has 3 aromatic carbocycles. The Morgan fingerprint density at radius 1 is 0.561 bits per heavy atom. The number of para-hydroxylation sites is 2. The Morgan fingerprint density at radius 3 is 1.78 bits per heavy atom. The molecule has 6 aromatic rings. The number of carboxylic acids is 2. The number of unbranched alkanes of at least 4 members (excludes halogenated alkanes) is 2. The number of nitrogens with two attached hydrogens (primary N) is 3. The molecule has 9 rings (SSSR count). The SMILES string of the molecule is CCCC[C@H]1C(=O)N(C)[C@@H](CCCC)C(=O)N[C@@H](CC(C)C)C(=O)N[C@H](C(=O)NCC(N)=O)CSCC(=O)N[C@@H](Cc2ccc(O)cc2)C(=O)N(C)[C@@H](C)C(=O)N[C@@H](CC(=O)O)C(=O)N2CCC[C@H]2C(=O)N[C@@H](Cc2cnc[nH]2)C(=O)N[C@@H](CCC(N)=O)C(=O)N2C[C@H](O)C[C@H]2C(=O)N[C@@H](Cc2c[nH]c3ccccc23)C(=O)N[C@@H](CCN)C(=O)N[C@@H](Cc2cn(CC(=O)O)c3ccccc23)C(=O)N1C. The summed E-state index contributed by atoms with van der Waals surface area (Å²) in [5, 5.41) is 69.5. The molecule has 3 aromatic heterocycles. The van der Waals surface area contributed by atoms with Crippen molar-refractivity contribution in [2.45, 2.75) is 247 Å². The third-order valence-corrected chi connectivity index (χ3v) is 25.8. The maximum absolute atomic E-state index is 16.0. The van der Waals surface area contributed by atoms with Gasteiger partial charge in [-0.05, 0) is 105 Å². The summed E-state index contributed by atoms with van der Waals surface area (Å²) in [6.07, 6.45) is 1.13. The van der Waals surface area contributed by atoms with Crippen LogP contribution >= 0.6 is 11.8 Å². The predicted octanol–water partition coefficient (Wildman–Crippen LogP) is -2.41. The molecule has 754 valence electrons. The molecule has 0 saturated carbocycles. The van der Waals surface area contributed by atoms with Crippen LogP contribution in [0.15, 0.2) is 97.7 Å². The minimum absolute atomic E-state index is 0.0152. The summed E-state index contributed by atoms with van der Waals surface area (Å²) >= 11 is 0.764. The van der Waals surface area contributed by atoms with Gasteiger partial charge in [0.1, 0.15) is 96.9 Å². The van der Waals surface area contributed by atoms with Crippen molar-refractivity contribution in [2.24, 2.45) is 23.1 Å². The minimum atomic E-state index is -1.94. The lowest BCUT2D eigenvalue weighted by Gasteiger charge is -2.36. The number of carbonyl (C=O) groups is 19. The first-order valence-electron chi connectivity index (χ1n) is 46.3. The summed E-state index contributed by atoms with van der Waals surface area (Å²) in [5.41, 5.74) is 19.8. The largest absolute Gasteiger partial charge is 0.508 e. The maximum Gasteiger partial charge on any atom is 0.323 e. The van der Waals surface area contributed by atoms with Gasteiger partial charge in [-0.25, -0.2) is 4.98 Å². The van der Waals surface area contributed by atoms with E-state index < -0.39 is 273 Å². The van der Waals surface area contributed by atoms with Crippen LogP contribution in [-0.4, -0.2) is 326 Å². The van der Waals surface area contributed by atoms with Gasteiger partial charge in [-0.2, -0.15) is 0 Å². The number of imidazole rings is 1. The summed E-state index contributed by atoms with van der Waals surface area (Å²) in [5.74, 6) is -21.0. The number of benzene rings is 3. The van der Waals surface area contributed by atoms with Crippen molar-refractivity contribution in [3.63, 3.8) is 0 Å². The van der Waals surface area contributed by atoms with Crippen molar-refractivity contribution >= 4 is 146 Å².